The van der Waals surface area contributed by atoms with Crippen molar-refractivity contribution in [3.05, 3.63) is 0 Å². The molecule has 0 aromatic rings. The molecule has 0 amide bonds. The Morgan fingerprint density at radius 2 is 1.88 bits per heavy atom. The molecule has 4 unspecified atom stereocenters. The lowest BCUT2D eigenvalue weighted by atomic mass is 9.57. The van der Waals surface area contributed by atoms with E-state index in [0.717, 1.165) is 12.8 Å². The molecule has 2 rings (SSSR count). The Hall–Kier alpha value is -0.860. The van der Waals surface area contributed by atoms with Gasteiger partial charge in [-0.05, 0) is 37.0 Å². The molecule has 0 saturated heterocycles. The largest absolute Gasteiger partial charge is 0.481 e. The molecule has 0 aliphatic heterocycles. The van der Waals surface area contributed by atoms with E-state index in [2.05, 4.69) is 20.8 Å². The van der Waals surface area contributed by atoms with Gasteiger partial charge in [0.25, 0.3) is 0 Å². The van der Waals surface area contributed by atoms with E-state index < -0.39 is 5.97 Å². The molecule has 0 aromatic carbocycles. The maximum absolute atomic E-state index is 12.2. The number of Topliss-reactive ketones (excluding diaryl/α,β-unsaturated/α-hetero) is 1. The van der Waals surface area contributed by atoms with Crippen LogP contribution in [-0.4, -0.2) is 16.9 Å². The van der Waals surface area contributed by atoms with Crippen molar-refractivity contribution in [1.82, 2.24) is 0 Å². The third-order valence-electron chi connectivity index (χ3n) is 4.65. The Morgan fingerprint density at radius 1 is 1.24 bits per heavy atom. The summed E-state index contributed by atoms with van der Waals surface area (Å²) in [5.41, 5.74) is 0.103. The van der Waals surface area contributed by atoms with Crippen molar-refractivity contribution in [1.29, 1.82) is 0 Å². The number of carbonyl (C=O) groups is 2. The standard InChI is InChI=1S/C14H22O3/c1-14(2,3)11-5-4-8-6-9(13(16)17)7-10(11)12(8)15/h8-11H,4-7H2,1-3H3,(H,16,17). The molecule has 4 atom stereocenters. The van der Waals surface area contributed by atoms with Gasteiger partial charge in [-0.1, -0.05) is 20.8 Å². The molecule has 3 heteroatoms. The summed E-state index contributed by atoms with van der Waals surface area (Å²) in [5.74, 6) is -0.311. The average molecular weight is 238 g/mol. The summed E-state index contributed by atoms with van der Waals surface area (Å²) >= 11 is 0. The first kappa shape index (κ1) is 12.6. The van der Waals surface area contributed by atoms with Crippen LogP contribution >= 0.6 is 0 Å². The molecular weight excluding hydrogens is 216 g/mol. The van der Waals surface area contributed by atoms with Crippen molar-refractivity contribution in [2.75, 3.05) is 0 Å². The van der Waals surface area contributed by atoms with Crippen LogP contribution in [-0.2, 0) is 9.59 Å². The van der Waals surface area contributed by atoms with Gasteiger partial charge in [-0.2, -0.15) is 0 Å². The van der Waals surface area contributed by atoms with Crippen LogP contribution in [0, 0.1) is 29.1 Å². The van der Waals surface area contributed by atoms with Crippen molar-refractivity contribution in [2.24, 2.45) is 29.1 Å². The van der Waals surface area contributed by atoms with Crippen molar-refractivity contribution in [3.8, 4) is 0 Å². The summed E-state index contributed by atoms with van der Waals surface area (Å²) in [6.07, 6.45) is 3.10. The fourth-order valence-corrected chi connectivity index (χ4v) is 3.72. The molecule has 2 fully saturated rings. The SMILES string of the molecule is CC(C)(C)C1CCC2CC(C(=O)O)CC1C2=O. The van der Waals surface area contributed by atoms with Crippen LogP contribution in [0.1, 0.15) is 46.5 Å². The van der Waals surface area contributed by atoms with E-state index in [1.54, 1.807) is 0 Å². The topological polar surface area (TPSA) is 54.4 Å². The molecule has 0 heterocycles. The lowest BCUT2D eigenvalue weighted by molar-refractivity contribution is -0.151. The van der Waals surface area contributed by atoms with Crippen LogP contribution in [0.4, 0.5) is 0 Å². The van der Waals surface area contributed by atoms with Crippen molar-refractivity contribution in [2.45, 2.75) is 46.5 Å². The maximum Gasteiger partial charge on any atom is 0.306 e. The second-order valence-electron chi connectivity index (χ2n) is 6.76. The molecule has 2 bridgehead atoms. The smallest absolute Gasteiger partial charge is 0.306 e. The number of hydrogen-bond donors (Lipinski definition) is 1. The first-order chi connectivity index (χ1) is 7.80. The third-order valence-corrected chi connectivity index (χ3v) is 4.65. The fraction of sp³-hybridized carbons (Fsp3) is 0.857. The number of fused-ring (bicyclic) bond motifs is 2. The molecule has 2 aliphatic rings. The van der Waals surface area contributed by atoms with E-state index in [-0.39, 0.29) is 23.2 Å². The highest BCUT2D eigenvalue weighted by atomic mass is 16.4. The summed E-state index contributed by atoms with van der Waals surface area (Å²) < 4.78 is 0. The van der Waals surface area contributed by atoms with Crippen LogP contribution in [0.2, 0.25) is 0 Å². The molecule has 3 nitrogen and oxygen atoms in total. The summed E-state index contributed by atoms with van der Waals surface area (Å²) in [4.78, 5) is 23.4. The molecular formula is C14H22O3. The highest BCUT2D eigenvalue weighted by Crippen LogP contribution is 2.49. The number of aliphatic carboxylic acids is 1. The summed E-state index contributed by atoms with van der Waals surface area (Å²) in [5, 5.41) is 9.16. The van der Waals surface area contributed by atoms with E-state index >= 15 is 0 Å². The van der Waals surface area contributed by atoms with Crippen molar-refractivity contribution < 1.29 is 14.7 Å². The Bertz CT molecular complexity index is 340. The summed E-state index contributed by atoms with van der Waals surface area (Å²) in [7, 11) is 0. The second kappa shape index (κ2) is 4.11. The van der Waals surface area contributed by atoms with Crippen LogP contribution in [0.25, 0.3) is 0 Å². The van der Waals surface area contributed by atoms with E-state index in [4.69, 9.17) is 5.11 Å². The van der Waals surface area contributed by atoms with E-state index in [9.17, 15) is 9.59 Å². The number of hydrogen-bond acceptors (Lipinski definition) is 2. The quantitative estimate of drug-likeness (QED) is 0.764. The van der Waals surface area contributed by atoms with E-state index in [1.807, 2.05) is 0 Å². The van der Waals surface area contributed by atoms with Crippen LogP contribution in [0.3, 0.4) is 0 Å². The molecule has 96 valence electrons. The Kier molecular flexibility index (Phi) is 3.04. The summed E-state index contributed by atoms with van der Waals surface area (Å²) in [6, 6.07) is 0. The van der Waals surface area contributed by atoms with Crippen molar-refractivity contribution in [3.63, 3.8) is 0 Å². The Balaban J connectivity index is 2.22. The molecule has 0 aromatic heterocycles. The van der Waals surface area contributed by atoms with Gasteiger partial charge < -0.3 is 5.11 Å². The van der Waals surface area contributed by atoms with Gasteiger partial charge in [0.2, 0.25) is 0 Å². The zero-order valence-corrected chi connectivity index (χ0v) is 10.9. The lowest BCUT2D eigenvalue weighted by Crippen LogP contribution is -2.46. The molecule has 2 aliphatic carbocycles. The van der Waals surface area contributed by atoms with Crippen LogP contribution in [0.5, 0.6) is 0 Å². The fourth-order valence-electron chi connectivity index (χ4n) is 3.72. The van der Waals surface area contributed by atoms with Gasteiger partial charge in [0.15, 0.2) is 0 Å². The van der Waals surface area contributed by atoms with E-state index in [0.29, 0.717) is 24.5 Å². The van der Waals surface area contributed by atoms with Gasteiger partial charge in [-0.25, -0.2) is 0 Å². The number of carbonyl (C=O) groups excluding carboxylic acids is 1. The molecule has 0 radical (unpaired) electrons. The van der Waals surface area contributed by atoms with Gasteiger partial charge in [0, 0.05) is 11.8 Å². The van der Waals surface area contributed by atoms with Gasteiger partial charge in [0.05, 0.1) is 5.92 Å². The average Bonchev–Trinajstić information content (AvgIpc) is 2.14. The van der Waals surface area contributed by atoms with Gasteiger partial charge in [0.1, 0.15) is 5.78 Å². The normalized spacial score (nSPS) is 37.9. The van der Waals surface area contributed by atoms with Gasteiger partial charge >= 0.3 is 5.97 Å². The third kappa shape index (κ3) is 2.24. The first-order valence-electron chi connectivity index (χ1n) is 6.57. The monoisotopic (exact) mass is 238 g/mol. The molecule has 2 saturated carbocycles. The maximum atomic E-state index is 12.2. The second-order valence-corrected chi connectivity index (χ2v) is 6.76. The number of carboxylic acid groups (broad SMARTS) is 1. The minimum absolute atomic E-state index is 0.0106. The summed E-state index contributed by atoms with van der Waals surface area (Å²) in [6.45, 7) is 6.49. The Morgan fingerprint density at radius 3 is 2.41 bits per heavy atom. The van der Waals surface area contributed by atoms with Gasteiger partial charge in [-0.15, -0.1) is 0 Å². The first-order valence-corrected chi connectivity index (χ1v) is 6.57. The highest BCUT2D eigenvalue weighted by molar-refractivity contribution is 5.87. The van der Waals surface area contributed by atoms with Crippen molar-refractivity contribution >= 4 is 11.8 Å². The molecule has 1 N–H and O–H groups in total. The minimum atomic E-state index is -0.720. The van der Waals surface area contributed by atoms with Crippen LogP contribution in [0.15, 0.2) is 0 Å². The van der Waals surface area contributed by atoms with Crippen LogP contribution < -0.4 is 0 Å². The zero-order valence-electron chi connectivity index (χ0n) is 10.9. The van der Waals surface area contributed by atoms with Gasteiger partial charge in [-0.3, -0.25) is 9.59 Å². The molecule has 0 spiro atoms. The number of ketones is 1. The lowest BCUT2D eigenvalue weighted by Gasteiger charge is -2.46. The number of rotatable bonds is 1. The predicted molar refractivity (Wildman–Crippen MR) is 64.5 cm³/mol. The number of carboxylic acids is 1. The highest BCUT2D eigenvalue weighted by Gasteiger charge is 2.48. The molecule has 17 heavy (non-hydrogen) atoms. The van der Waals surface area contributed by atoms with E-state index in [1.165, 1.54) is 0 Å². The predicted octanol–water partition coefficient (Wildman–Crippen LogP) is 2.74. The minimum Gasteiger partial charge on any atom is -0.481 e. The Labute approximate surface area is 103 Å². The zero-order chi connectivity index (χ0) is 12.8.